The van der Waals surface area contributed by atoms with E-state index in [0.29, 0.717) is 22.6 Å². The molecule has 132 valence electrons. The summed E-state index contributed by atoms with van der Waals surface area (Å²) in [6.07, 6.45) is 0.109. The average molecular weight is 346 g/mol. The van der Waals surface area contributed by atoms with Crippen LogP contribution in [0.1, 0.15) is 27.4 Å². The second-order valence-corrected chi connectivity index (χ2v) is 5.52. The number of amides is 1. The Morgan fingerprint density at radius 1 is 1.28 bits per heavy atom. The fourth-order valence-corrected chi connectivity index (χ4v) is 2.30. The molecule has 0 saturated carbocycles. The standard InChI is InChI=1S/C17H18N2O6/c1-11-15(17(21)24-3)9-14(25-11)10-18(2)16(20)8-12-4-6-13(7-5-12)19(22)23/h4-7,9H,8,10H2,1-3H3. The third-order valence-corrected chi connectivity index (χ3v) is 3.70. The van der Waals surface area contributed by atoms with Crippen molar-refractivity contribution in [2.45, 2.75) is 19.9 Å². The van der Waals surface area contributed by atoms with Crippen molar-refractivity contribution >= 4 is 17.6 Å². The van der Waals surface area contributed by atoms with Crippen LogP contribution in [0.15, 0.2) is 34.7 Å². The number of aryl methyl sites for hydroxylation is 1. The lowest BCUT2D eigenvalue weighted by molar-refractivity contribution is -0.384. The number of nitro benzene ring substituents is 1. The molecule has 0 aliphatic heterocycles. The number of ether oxygens (including phenoxy) is 1. The third-order valence-electron chi connectivity index (χ3n) is 3.70. The Labute approximate surface area is 144 Å². The van der Waals surface area contributed by atoms with Crippen LogP contribution in [0.2, 0.25) is 0 Å². The van der Waals surface area contributed by atoms with Crippen LogP contribution in [0.4, 0.5) is 5.69 Å². The van der Waals surface area contributed by atoms with Crippen molar-refractivity contribution in [1.82, 2.24) is 4.90 Å². The number of carbonyl (C=O) groups is 2. The fourth-order valence-electron chi connectivity index (χ4n) is 2.30. The number of methoxy groups -OCH3 is 1. The van der Waals surface area contributed by atoms with Crippen molar-refractivity contribution in [2.24, 2.45) is 0 Å². The average Bonchev–Trinajstić information content (AvgIpc) is 2.94. The number of hydrogen-bond acceptors (Lipinski definition) is 6. The molecule has 0 N–H and O–H groups in total. The molecule has 0 saturated heterocycles. The second-order valence-electron chi connectivity index (χ2n) is 5.52. The van der Waals surface area contributed by atoms with Gasteiger partial charge in [0.1, 0.15) is 17.1 Å². The van der Waals surface area contributed by atoms with Gasteiger partial charge in [-0.3, -0.25) is 14.9 Å². The van der Waals surface area contributed by atoms with Crippen LogP contribution in [0, 0.1) is 17.0 Å². The Hall–Kier alpha value is -3.16. The van der Waals surface area contributed by atoms with Crippen molar-refractivity contribution < 1.29 is 23.7 Å². The summed E-state index contributed by atoms with van der Waals surface area (Å²) in [4.78, 5) is 35.5. The van der Waals surface area contributed by atoms with Crippen molar-refractivity contribution in [2.75, 3.05) is 14.2 Å². The molecule has 1 heterocycles. The van der Waals surface area contributed by atoms with Gasteiger partial charge in [0.15, 0.2) is 0 Å². The predicted molar refractivity (Wildman–Crippen MR) is 88.1 cm³/mol. The molecular formula is C17H18N2O6. The van der Waals surface area contributed by atoms with Gasteiger partial charge in [-0.05, 0) is 18.6 Å². The Morgan fingerprint density at radius 3 is 2.48 bits per heavy atom. The quantitative estimate of drug-likeness (QED) is 0.452. The number of rotatable bonds is 6. The lowest BCUT2D eigenvalue weighted by Gasteiger charge is -2.15. The maximum atomic E-state index is 12.3. The topological polar surface area (TPSA) is 103 Å². The molecule has 2 aromatic rings. The first-order valence-electron chi connectivity index (χ1n) is 7.46. The Bertz CT molecular complexity index is 794. The molecule has 1 aromatic carbocycles. The molecule has 0 aliphatic carbocycles. The van der Waals surface area contributed by atoms with Gasteiger partial charge in [0.05, 0.1) is 25.0 Å². The van der Waals surface area contributed by atoms with E-state index in [0.717, 1.165) is 0 Å². The van der Waals surface area contributed by atoms with E-state index >= 15 is 0 Å². The van der Waals surface area contributed by atoms with Gasteiger partial charge in [-0.15, -0.1) is 0 Å². The summed E-state index contributed by atoms with van der Waals surface area (Å²) >= 11 is 0. The monoisotopic (exact) mass is 346 g/mol. The summed E-state index contributed by atoms with van der Waals surface area (Å²) in [6, 6.07) is 7.38. The molecule has 25 heavy (non-hydrogen) atoms. The Kier molecular flexibility index (Phi) is 5.53. The first kappa shape index (κ1) is 18.2. The highest BCUT2D eigenvalue weighted by molar-refractivity contribution is 5.90. The molecular weight excluding hydrogens is 328 g/mol. The molecule has 0 aliphatic rings. The summed E-state index contributed by atoms with van der Waals surface area (Å²) in [5, 5.41) is 10.6. The molecule has 8 heteroatoms. The van der Waals surface area contributed by atoms with Gasteiger partial charge < -0.3 is 14.1 Å². The normalized spacial score (nSPS) is 10.4. The van der Waals surface area contributed by atoms with Gasteiger partial charge in [0, 0.05) is 19.2 Å². The maximum Gasteiger partial charge on any atom is 0.341 e. The van der Waals surface area contributed by atoms with E-state index in [1.54, 1.807) is 32.2 Å². The van der Waals surface area contributed by atoms with Crippen molar-refractivity contribution in [3.63, 3.8) is 0 Å². The number of hydrogen-bond donors (Lipinski definition) is 0. The number of benzene rings is 1. The third kappa shape index (κ3) is 4.43. The predicted octanol–water partition coefficient (Wildman–Crippen LogP) is 2.48. The zero-order valence-corrected chi connectivity index (χ0v) is 14.1. The molecule has 1 aromatic heterocycles. The fraction of sp³-hybridized carbons (Fsp3) is 0.294. The lowest BCUT2D eigenvalue weighted by atomic mass is 10.1. The minimum atomic E-state index is -0.493. The van der Waals surface area contributed by atoms with Crippen LogP contribution in [-0.2, 0) is 22.5 Å². The summed E-state index contributed by atoms with van der Waals surface area (Å²) in [7, 11) is 2.90. The Morgan fingerprint density at radius 2 is 1.92 bits per heavy atom. The van der Waals surface area contributed by atoms with Crippen molar-refractivity contribution in [3.05, 3.63) is 63.1 Å². The zero-order chi connectivity index (χ0) is 18.6. The van der Waals surface area contributed by atoms with E-state index in [1.165, 1.54) is 24.1 Å². The van der Waals surface area contributed by atoms with Gasteiger partial charge in [-0.2, -0.15) is 0 Å². The van der Waals surface area contributed by atoms with Crippen LogP contribution in [0.25, 0.3) is 0 Å². The molecule has 0 radical (unpaired) electrons. The SMILES string of the molecule is COC(=O)c1cc(CN(C)C(=O)Cc2ccc([N+](=O)[O-])cc2)oc1C. The van der Waals surface area contributed by atoms with Crippen LogP contribution >= 0.6 is 0 Å². The maximum absolute atomic E-state index is 12.3. The number of esters is 1. The number of nitro groups is 1. The molecule has 1 amide bonds. The minimum absolute atomic E-state index is 0.0223. The molecule has 0 fully saturated rings. The highest BCUT2D eigenvalue weighted by Crippen LogP contribution is 2.18. The highest BCUT2D eigenvalue weighted by atomic mass is 16.6. The number of non-ortho nitro benzene ring substituents is 1. The molecule has 0 atom stereocenters. The minimum Gasteiger partial charge on any atom is -0.465 e. The van der Waals surface area contributed by atoms with Crippen molar-refractivity contribution in [1.29, 1.82) is 0 Å². The number of nitrogens with zero attached hydrogens (tertiary/aromatic N) is 2. The smallest absolute Gasteiger partial charge is 0.341 e. The van der Waals surface area contributed by atoms with E-state index in [-0.39, 0.29) is 24.6 Å². The molecule has 8 nitrogen and oxygen atoms in total. The highest BCUT2D eigenvalue weighted by Gasteiger charge is 2.18. The molecule has 0 bridgehead atoms. The first-order valence-corrected chi connectivity index (χ1v) is 7.46. The van der Waals surface area contributed by atoms with Gasteiger partial charge in [0.25, 0.3) is 5.69 Å². The second kappa shape index (κ2) is 7.61. The van der Waals surface area contributed by atoms with Gasteiger partial charge in [0.2, 0.25) is 5.91 Å². The lowest BCUT2D eigenvalue weighted by Crippen LogP contribution is -2.27. The van der Waals surface area contributed by atoms with Gasteiger partial charge in [-0.25, -0.2) is 4.79 Å². The first-order chi connectivity index (χ1) is 11.8. The zero-order valence-electron chi connectivity index (χ0n) is 14.1. The van der Waals surface area contributed by atoms with E-state index in [4.69, 9.17) is 4.42 Å². The van der Waals surface area contributed by atoms with E-state index in [1.807, 2.05) is 0 Å². The summed E-state index contributed by atoms with van der Waals surface area (Å²) in [6.45, 7) is 1.85. The van der Waals surface area contributed by atoms with Gasteiger partial charge >= 0.3 is 5.97 Å². The summed E-state index contributed by atoms with van der Waals surface area (Å²) in [5.41, 5.74) is 0.980. The largest absolute Gasteiger partial charge is 0.465 e. The Balaban J connectivity index is 2.00. The molecule has 0 unspecified atom stereocenters. The van der Waals surface area contributed by atoms with E-state index in [2.05, 4.69) is 4.74 Å². The summed E-state index contributed by atoms with van der Waals surface area (Å²) in [5.74, 6) is 0.227. The number of carbonyl (C=O) groups excluding carboxylic acids is 2. The van der Waals surface area contributed by atoms with Crippen LogP contribution in [0.5, 0.6) is 0 Å². The van der Waals surface area contributed by atoms with Crippen LogP contribution in [0.3, 0.4) is 0 Å². The molecule has 2 rings (SSSR count). The van der Waals surface area contributed by atoms with Crippen LogP contribution < -0.4 is 0 Å². The summed E-state index contributed by atoms with van der Waals surface area (Å²) < 4.78 is 10.1. The number of furan rings is 1. The van der Waals surface area contributed by atoms with Crippen LogP contribution in [-0.4, -0.2) is 35.9 Å². The number of likely N-dealkylation sites (N-methyl/N-ethyl adjacent to an activating group) is 1. The molecule has 0 spiro atoms. The van der Waals surface area contributed by atoms with E-state index in [9.17, 15) is 19.7 Å². The van der Waals surface area contributed by atoms with Crippen molar-refractivity contribution in [3.8, 4) is 0 Å². The van der Waals surface area contributed by atoms with E-state index < -0.39 is 10.9 Å². The van der Waals surface area contributed by atoms with Gasteiger partial charge in [-0.1, -0.05) is 12.1 Å².